The molecule has 0 aliphatic carbocycles. The number of alkyl halides is 3. The first kappa shape index (κ1) is 14.1. The molecule has 100 valence electrons. The van der Waals surface area contributed by atoms with E-state index >= 15 is 0 Å². The van der Waals surface area contributed by atoms with Crippen molar-refractivity contribution in [3.8, 4) is 10.4 Å². The topological polar surface area (TPSA) is 37.3 Å². The van der Waals surface area contributed by atoms with E-state index in [1.165, 1.54) is 24.3 Å². The minimum Gasteiger partial charge on any atom is -0.477 e. The summed E-state index contributed by atoms with van der Waals surface area (Å²) in [6.45, 7) is 0. The fourth-order valence-corrected chi connectivity index (χ4v) is 2.81. The Kier molecular flexibility index (Phi) is 3.69. The van der Waals surface area contributed by atoms with Gasteiger partial charge in [0.25, 0.3) is 0 Å². The van der Waals surface area contributed by atoms with E-state index in [-0.39, 0.29) is 15.3 Å². The molecule has 0 bridgehead atoms. The first-order chi connectivity index (χ1) is 8.79. The van der Waals surface area contributed by atoms with Gasteiger partial charge in [0, 0.05) is 14.9 Å². The van der Waals surface area contributed by atoms with Crippen LogP contribution in [0.4, 0.5) is 13.2 Å². The summed E-state index contributed by atoms with van der Waals surface area (Å²) in [7, 11) is 0. The molecule has 0 aliphatic rings. The van der Waals surface area contributed by atoms with Gasteiger partial charge in [-0.25, -0.2) is 4.79 Å². The molecule has 2 nitrogen and oxygen atoms in total. The highest BCUT2D eigenvalue weighted by Crippen LogP contribution is 2.40. The molecule has 0 amide bonds. The van der Waals surface area contributed by atoms with Crippen molar-refractivity contribution in [1.82, 2.24) is 0 Å². The van der Waals surface area contributed by atoms with Crippen LogP contribution in [-0.4, -0.2) is 11.1 Å². The molecule has 0 fully saturated rings. The number of benzene rings is 1. The Bertz CT molecular complexity index is 634. The summed E-state index contributed by atoms with van der Waals surface area (Å²) in [5.41, 5.74) is -0.811. The van der Waals surface area contributed by atoms with Gasteiger partial charge in [0.05, 0.1) is 5.56 Å². The Balaban J connectivity index is 2.58. The molecule has 19 heavy (non-hydrogen) atoms. The van der Waals surface area contributed by atoms with Crippen LogP contribution >= 0.6 is 27.3 Å². The van der Waals surface area contributed by atoms with Crippen LogP contribution in [0.25, 0.3) is 10.4 Å². The molecule has 7 heteroatoms. The lowest BCUT2D eigenvalue weighted by Crippen LogP contribution is -2.06. The van der Waals surface area contributed by atoms with E-state index in [0.717, 1.165) is 17.4 Å². The fraction of sp³-hybridized carbons (Fsp3) is 0.0833. The molecule has 1 aromatic carbocycles. The second-order valence-electron chi connectivity index (χ2n) is 3.66. The summed E-state index contributed by atoms with van der Waals surface area (Å²) in [6, 6.07) is 6.47. The number of carbonyl (C=O) groups is 1. The van der Waals surface area contributed by atoms with Crippen molar-refractivity contribution in [2.24, 2.45) is 0 Å². The fourth-order valence-electron chi connectivity index (χ4n) is 1.56. The van der Waals surface area contributed by atoms with E-state index in [1.54, 1.807) is 0 Å². The average molecular weight is 351 g/mol. The van der Waals surface area contributed by atoms with Crippen LogP contribution in [0.15, 0.2) is 34.8 Å². The van der Waals surface area contributed by atoms with Crippen LogP contribution in [-0.2, 0) is 6.18 Å². The maximum atomic E-state index is 12.9. The van der Waals surface area contributed by atoms with E-state index < -0.39 is 17.7 Å². The van der Waals surface area contributed by atoms with Gasteiger partial charge in [0.2, 0.25) is 0 Å². The summed E-state index contributed by atoms with van der Waals surface area (Å²) in [4.78, 5) is 11.0. The molecule has 2 rings (SSSR count). The molecule has 0 saturated carbocycles. The third kappa shape index (κ3) is 2.98. The molecule has 0 spiro atoms. The Morgan fingerprint density at radius 1 is 1.21 bits per heavy atom. The molecule has 0 unspecified atom stereocenters. The Morgan fingerprint density at radius 3 is 2.42 bits per heavy atom. The lowest BCUT2D eigenvalue weighted by Gasteiger charge is -2.12. The van der Waals surface area contributed by atoms with Gasteiger partial charge in [-0.3, -0.25) is 0 Å². The highest BCUT2D eigenvalue weighted by molar-refractivity contribution is 9.10. The third-order valence-electron chi connectivity index (χ3n) is 2.37. The van der Waals surface area contributed by atoms with Crippen molar-refractivity contribution < 1.29 is 23.1 Å². The van der Waals surface area contributed by atoms with Crippen LogP contribution in [0.1, 0.15) is 15.2 Å². The third-order valence-corrected chi connectivity index (χ3v) is 3.97. The van der Waals surface area contributed by atoms with E-state index in [9.17, 15) is 18.0 Å². The minimum absolute atomic E-state index is 0.00560. The normalized spacial score (nSPS) is 11.6. The second kappa shape index (κ2) is 4.97. The maximum absolute atomic E-state index is 12.9. The van der Waals surface area contributed by atoms with Crippen molar-refractivity contribution >= 4 is 33.2 Å². The number of hydrogen-bond donors (Lipinski definition) is 1. The SMILES string of the molecule is O=C(O)c1ccc(-c2ccc(Br)cc2C(F)(F)F)s1. The summed E-state index contributed by atoms with van der Waals surface area (Å²) >= 11 is 3.81. The number of carboxylic acid groups (broad SMARTS) is 1. The van der Waals surface area contributed by atoms with Gasteiger partial charge in [-0.15, -0.1) is 11.3 Å². The van der Waals surface area contributed by atoms with E-state index in [4.69, 9.17) is 5.11 Å². The number of thiophene rings is 1. The molecule has 1 heterocycles. The monoisotopic (exact) mass is 350 g/mol. The second-order valence-corrected chi connectivity index (χ2v) is 5.66. The summed E-state index contributed by atoms with van der Waals surface area (Å²) in [5, 5.41) is 8.80. The van der Waals surface area contributed by atoms with Crippen molar-refractivity contribution in [2.75, 3.05) is 0 Å². The highest BCUT2D eigenvalue weighted by atomic mass is 79.9. The van der Waals surface area contributed by atoms with Gasteiger partial charge in [-0.05, 0) is 24.3 Å². The molecule has 0 atom stereocenters. The van der Waals surface area contributed by atoms with Crippen molar-refractivity contribution in [1.29, 1.82) is 0 Å². The maximum Gasteiger partial charge on any atom is 0.417 e. The van der Waals surface area contributed by atoms with Crippen molar-refractivity contribution in [3.05, 3.63) is 45.2 Å². The average Bonchev–Trinajstić information content (AvgIpc) is 2.77. The van der Waals surface area contributed by atoms with Gasteiger partial charge < -0.3 is 5.11 Å². The van der Waals surface area contributed by atoms with E-state index in [0.29, 0.717) is 4.47 Å². The molecule has 1 N–H and O–H groups in total. The Morgan fingerprint density at radius 2 is 1.89 bits per heavy atom. The van der Waals surface area contributed by atoms with Crippen LogP contribution in [0.2, 0.25) is 0 Å². The standard InChI is InChI=1S/C12H6BrF3O2S/c13-6-1-2-7(8(5-6)12(14,15)16)9-3-4-10(19-9)11(17)18/h1-5H,(H,17,18). The lowest BCUT2D eigenvalue weighted by atomic mass is 10.1. The largest absolute Gasteiger partial charge is 0.477 e. The Labute approximate surface area is 118 Å². The molecular weight excluding hydrogens is 345 g/mol. The zero-order chi connectivity index (χ0) is 14.2. The van der Waals surface area contributed by atoms with Crippen LogP contribution in [0.3, 0.4) is 0 Å². The van der Waals surface area contributed by atoms with Crippen LogP contribution < -0.4 is 0 Å². The van der Waals surface area contributed by atoms with Gasteiger partial charge in [0.1, 0.15) is 4.88 Å². The molecule has 0 radical (unpaired) electrons. The lowest BCUT2D eigenvalue weighted by molar-refractivity contribution is -0.137. The molecule has 0 saturated heterocycles. The van der Waals surface area contributed by atoms with Crippen molar-refractivity contribution in [3.63, 3.8) is 0 Å². The quantitative estimate of drug-likeness (QED) is 0.836. The van der Waals surface area contributed by atoms with E-state index in [1.807, 2.05) is 0 Å². The molecule has 1 aromatic heterocycles. The van der Waals surface area contributed by atoms with Crippen LogP contribution in [0, 0.1) is 0 Å². The number of aromatic carboxylic acids is 1. The predicted octanol–water partition coefficient (Wildman–Crippen LogP) is 4.89. The first-order valence-corrected chi connectivity index (χ1v) is 6.60. The number of carboxylic acids is 1. The zero-order valence-corrected chi connectivity index (χ0v) is 11.6. The Hall–Kier alpha value is -1.34. The number of rotatable bonds is 2. The summed E-state index contributed by atoms with van der Waals surface area (Å²) in [6.07, 6.45) is -4.49. The van der Waals surface area contributed by atoms with Gasteiger partial charge in [0.15, 0.2) is 0 Å². The first-order valence-electron chi connectivity index (χ1n) is 4.99. The molecular formula is C12H6BrF3O2S. The smallest absolute Gasteiger partial charge is 0.417 e. The van der Waals surface area contributed by atoms with Gasteiger partial charge in [-0.1, -0.05) is 22.0 Å². The predicted molar refractivity (Wildman–Crippen MR) is 69.4 cm³/mol. The zero-order valence-electron chi connectivity index (χ0n) is 9.16. The van der Waals surface area contributed by atoms with Crippen molar-refractivity contribution in [2.45, 2.75) is 6.18 Å². The minimum atomic E-state index is -4.49. The summed E-state index contributed by atoms with van der Waals surface area (Å²) in [5.74, 6) is -1.15. The molecule has 0 aliphatic heterocycles. The van der Waals surface area contributed by atoms with E-state index in [2.05, 4.69) is 15.9 Å². The summed E-state index contributed by atoms with van der Waals surface area (Å²) < 4.78 is 39.2. The van der Waals surface area contributed by atoms with Gasteiger partial charge in [-0.2, -0.15) is 13.2 Å². The van der Waals surface area contributed by atoms with Crippen LogP contribution in [0.5, 0.6) is 0 Å². The number of halogens is 4. The number of hydrogen-bond acceptors (Lipinski definition) is 2. The van der Waals surface area contributed by atoms with Gasteiger partial charge >= 0.3 is 12.1 Å². The highest BCUT2D eigenvalue weighted by Gasteiger charge is 2.34. The molecule has 2 aromatic rings.